The van der Waals surface area contributed by atoms with E-state index < -0.39 is 15.1 Å². The number of rotatable bonds is 3. The Hall–Kier alpha value is 2.26. The fourth-order valence-corrected chi connectivity index (χ4v) is 0.866. The van der Waals surface area contributed by atoms with Crippen LogP contribution in [-0.4, -0.2) is 36.5 Å². The van der Waals surface area contributed by atoms with Gasteiger partial charge in [-0.3, -0.25) is 0 Å². The SMILES string of the molecule is C[O][Al]([O]C)[O]C.[Cu+].[H-].[I-].[Li+]. The Kier molecular flexibility index (Phi) is 39.6. The first-order chi connectivity index (χ1) is 3.35. The molecule has 7 heteroatoms. The maximum atomic E-state index is 4.74. The molecule has 0 aliphatic rings. The van der Waals surface area contributed by atoms with Crippen molar-refractivity contribution in [2.24, 2.45) is 0 Å². The molecule has 0 rings (SSSR count). The fourth-order valence-electron chi connectivity index (χ4n) is 0.289. The molecule has 0 aromatic heterocycles. The Morgan fingerprint density at radius 1 is 1.00 bits per heavy atom. The third-order valence-corrected chi connectivity index (χ3v) is 1.73. The van der Waals surface area contributed by atoms with Gasteiger partial charge in [-0.1, -0.05) is 0 Å². The second kappa shape index (κ2) is 17.4. The number of hydrogen-bond donors (Lipinski definition) is 0. The van der Waals surface area contributed by atoms with Gasteiger partial charge in [0.25, 0.3) is 0 Å². The van der Waals surface area contributed by atoms with Crippen molar-refractivity contribution >= 4 is 15.1 Å². The van der Waals surface area contributed by atoms with Gasteiger partial charge in [-0.15, -0.1) is 0 Å². The van der Waals surface area contributed by atoms with Gasteiger partial charge >= 0.3 is 51.1 Å². The molecule has 0 unspecified atom stereocenters. The smallest absolute Gasteiger partial charge is 1.00 e. The Bertz CT molecular complexity index is 50.1. The summed E-state index contributed by atoms with van der Waals surface area (Å²) in [4.78, 5) is 0. The Labute approximate surface area is 108 Å². The predicted molar refractivity (Wildman–Crippen MR) is 27.9 cm³/mol. The summed E-state index contributed by atoms with van der Waals surface area (Å²) >= 11 is -1.67. The van der Waals surface area contributed by atoms with Gasteiger partial charge in [-0.05, 0) is 0 Å². The van der Waals surface area contributed by atoms with E-state index in [1.165, 1.54) is 0 Å². The molecule has 0 spiro atoms. The van der Waals surface area contributed by atoms with E-state index in [1.807, 2.05) is 0 Å². The predicted octanol–water partition coefficient (Wildman–Crippen LogP) is -5.97. The van der Waals surface area contributed by atoms with Crippen molar-refractivity contribution in [1.82, 2.24) is 0 Å². The van der Waals surface area contributed by atoms with E-state index in [4.69, 9.17) is 11.4 Å². The molecule has 0 radical (unpaired) electrons. The van der Waals surface area contributed by atoms with Gasteiger partial charge in [0, 0.05) is 21.3 Å². The molecular weight excluding hydrogens is 308 g/mol. The molecule has 0 saturated carbocycles. The van der Waals surface area contributed by atoms with Gasteiger partial charge in [-0.2, -0.15) is 0 Å². The monoisotopic (exact) mass is 318 g/mol. The second-order valence-corrected chi connectivity index (χ2v) is 2.99. The standard InChI is InChI=1S/3CH3O.Al.Cu.HI.Li.H/c3*1-2;;;;;/h3*1H3;;;1H;;/q3*-1;+3;+1;;+1;-1/p-1. The van der Waals surface area contributed by atoms with E-state index >= 15 is 0 Å². The molecule has 0 aromatic carbocycles. The summed E-state index contributed by atoms with van der Waals surface area (Å²) in [6, 6.07) is 0. The van der Waals surface area contributed by atoms with Crippen LogP contribution >= 0.6 is 0 Å². The number of hydrogen-bond acceptors (Lipinski definition) is 3. The van der Waals surface area contributed by atoms with E-state index in [1.54, 1.807) is 21.3 Å². The third-order valence-electron chi connectivity index (χ3n) is 0.577. The zero-order chi connectivity index (χ0) is 5.70. The van der Waals surface area contributed by atoms with Crippen molar-refractivity contribution < 1.29 is 72.7 Å². The van der Waals surface area contributed by atoms with Crippen LogP contribution in [-0.2, 0) is 28.4 Å². The minimum atomic E-state index is -1.67. The van der Waals surface area contributed by atoms with Crippen molar-refractivity contribution in [3.8, 4) is 0 Å². The van der Waals surface area contributed by atoms with Crippen LogP contribution in [0.2, 0.25) is 0 Å². The van der Waals surface area contributed by atoms with Gasteiger partial charge in [0.15, 0.2) is 0 Å². The summed E-state index contributed by atoms with van der Waals surface area (Å²) < 4.78 is 14.2. The molecule has 0 atom stereocenters. The summed E-state index contributed by atoms with van der Waals surface area (Å²) in [5.41, 5.74) is 0. The fraction of sp³-hybridized carbons (Fsp3) is 1.00. The largest absolute Gasteiger partial charge is 1.00 e. The van der Waals surface area contributed by atoms with Crippen molar-refractivity contribution in [2.45, 2.75) is 0 Å². The molecule has 0 aromatic rings. The average Bonchev–Trinajstić information content (AvgIpc) is 1.72. The summed E-state index contributed by atoms with van der Waals surface area (Å²) in [5.74, 6) is 0. The van der Waals surface area contributed by atoms with Crippen molar-refractivity contribution in [1.29, 1.82) is 0 Å². The topological polar surface area (TPSA) is 27.7 Å². The normalized spacial score (nSPS) is 6.30. The first kappa shape index (κ1) is 22.8. The van der Waals surface area contributed by atoms with Gasteiger partial charge in [0.2, 0.25) is 0 Å². The van der Waals surface area contributed by atoms with E-state index in [-0.39, 0.29) is 61.3 Å². The molecule has 0 bridgehead atoms. The first-order valence-electron chi connectivity index (χ1n) is 1.93. The zero-order valence-corrected chi connectivity index (χ0v) is 10.7. The molecule has 0 N–H and O–H groups in total. The maximum Gasteiger partial charge on any atom is 1.00 e. The summed E-state index contributed by atoms with van der Waals surface area (Å²) in [6.45, 7) is 0. The van der Waals surface area contributed by atoms with E-state index in [0.717, 1.165) is 0 Å². The Balaban J connectivity index is -0.0000000300. The minimum absolute atomic E-state index is 0. The van der Waals surface area contributed by atoms with Crippen LogP contribution in [0.25, 0.3) is 0 Å². The van der Waals surface area contributed by atoms with Crippen LogP contribution < -0.4 is 42.8 Å². The molecule has 0 heterocycles. The average molecular weight is 318 g/mol. The molecular formula is C3H10AlCuILiO3. The molecule has 0 amide bonds. The molecule has 10 heavy (non-hydrogen) atoms. The van der Waals surface area contributed by atoms with E-state index in [9.17, 15) is 0 Å². The molecule has 0 aliphatic heterocycles. The van der Waals surface area contributed by atoms with Crippen LogP contribution in [0.5, 0.6) is 0 Å². The van der Waals surface area contributed by atoms with Gasteiger partial charge in [-0.25, -0.2) is 0 Å². The molecule has 0 fully saturated rings. The van der Waals surface area contributed by atoms with E-state index in [2.05, 4.69) is 0 Å². The van der Waals surface area contributed by atoms with Crippen LogP contribution in [0.1, 0.15) is 1.43 Å². The zero-order valence-electron chi connectivity index (χ0n) is 7.48. The Morgan fingerprint density at radius 2 is 1.20 bits per heavy atom. The Morgan fingerprint density at radius 3 is 1.20 bits per heavy atom. The van der Waals surface area contributed by atoms with Gasteiger partial charge in [0.05, 0.1) is 0 Å². The van der Waals surface area contributed by atoms with Gasteiger partial charge < -0.3 is 36.8 Å². The quantitative estimate of drug-likeness (QED) is 0.383. The second-order valence-electron chi connectivity index (χ2n) is 0.996. The molecule has 62 valence electrons. The van der Waals surface area contributed by atoms with Crippen molar-refractivity contribution in [3.63, 3.8) is 0 Å². The van der Waals surface area contributed by atoms with E-state index in [0.29, 0.717) is 0 Å². The maximum absolute atomic E-state index is 4.74. The van der Waals surface area contributed by atoms with Crippen molar-refractivity contribution in [2.75, 3.05) is 21.3 Å². The summed E-state index contributed by atoms with van der Waals surface area (Å²) in [6.07, 6.45) is 0. The summed E-state index contributed by atoms with van der Waals surface area (Å²) in [7, 11) is 4.72. The van der Waals surface area contributed by atoms with Crippen LogP contribution in [0.3, 0.4) is 0 Å². The molecule has 3 nitrogen and oxygen atoms in total. The molecule has 0 saturated heterocycles. The first-order valence-corrected chi connectivity index (χ1v) is 3.35. The minimum Gasteiger partial charge on any atom is -1.00 e. The van der Waals surface area contributed by atoms with Gasteiger partial charge in [0.1, 0.15) is 0 Å². The summed E-state index contributed by atoms with van der Waals surface area (Å²) in [5, 5.41) is 0. The van der Waals surface area contributed by atoms with Crippen LogP contribution in [0, 0.1) is 0 Å². The van der Waals surface area contributed by atoms with Crippen LogP contribution in [0.4, 0.5) is 0 Å². The third kappa shape index (κ3) is 12.9. The van der Waals surface area contributed by atoms with Crippen LogP contribution in [0.15, 0.2) is 0 Å². The number of halogens is 1. The molecule has 0 aliphatic carbocycles. The van der Waals surface area contributed by atoms with Crippen molar-refractivity contribution in [3.05, 3.63) is 0 Å².